The van der Waals surface area contributed by atoms with Gasteiger partial charge in [0.15, 0.2) is 0 Å². The van der Waals surface area contributed by atoms with Crippen molar-refractivity contribution < 1.29 is 35.5 Å². The summed E-state index contributed by atoms with van der Waals surface area (Å²) in [6, 6.07) is 9.75. The zero-order valence-electron chi connectivity index (χ0n) is 11.8. The molecule has 114 valence electrons. The Morgan fingerprint density at radius 1 is 1.19 bits per heavy atom. The van der Waals surface area contributed by atoms with Crippen LogP contribution in [0.3, 0.4) is 0 Å². The molecule has 1 unspecified atom stereocenters. The van der Waals surface area contributed by atoms with Crippen molar-refractivity contribution in [3.8, 4) is 0 Å². The Balaban J connectivity index is 1.48. The second-order valence-electron chi connectivity index (χ2n) is 5.67. The van der Waals surface area contributed by atoms with Crippen LogP contribution >= 0.6 is 0 Å². The van der Waals surface area contributed by atoms with Crippen molar-refractivity contribution in [1.29, 1.82) is 0 Å². The maximum atomic E-state index is 12.0. The molecule has 0 radical (unpaired) electrons. The summed E-state index contributed by atoms with van der Waals surface area (Å²) in [7, 11) is 0. The standard InChI is InChI=1S/C16H19INO3/c19-15-12-6-14(7-13(15)9-17-8-12)18-16(20)21-10-11-4-2-1-3-5-11/h1-5,12-14H,6-10H2,(H,18,20)/q-1/t12-,13+,14?. The molecule has 1 aliphatic heterocycles. The number of hydrogen-bond donors (Lipinski definition) is 1. The van der Waals surface area contributed by atoms with Crippen LogP contribution in [0, 0.1) is 11.8 Å². The quantitative estimate of drug-likeness (QED) is 0.522. The summed E-state index contributed by atoms with van der Waals surface area (Å²) in [5.74, 6) is 0.839. The molecule has 3 rings (SSSR count). The van der Waals surface area contributed by atoms with Crippen LogP contribution in [0.1, 0.15) is 18.4 Å². The summed E-state index contributed by atoms with van der Waals surface area (Å²) in [6.07, 6.45) is 1.23. The van der Waals surface area contributed by atoms with Gasteiger partial charge in [-0.1, -0.05) is 0 Å². The van der Waals surface area contributed by atoms with Gasteiger partial charge in [0.2, 0.25) is 0 Å². The second kappa shape index (κ2) is 6.77. The van der Waals surface area contributed by atoms with Gasteiger partial charge >= 0.3 is 135 Å². The number of rotatable bonds is 3. The number of amides is 1. The van der Waals surface area contributed by atoms with Gasteiger partial charge in [-0.05, 0) is 0 Å². The predicted molar refractivity (Wildman–Crippen MR) is 74.5 cm³/mol. The molecule has 2 bridgehead atoms. The topological polar surface area (TPSA) is 55.4 Å². The molecule has 1 aromatic rings. The first-order valence-corrected chi connectivity index (χ1v) is 10.3. The zero-order chi connectivity index (χ0) is 14.7. The molecule has 3 atom stereocenters. The van der Waals surface area contributed by atoms with E-state index in [-0.39, 0.29) is 51.8 Å². The molecule has 0 aromatic heterocycles. The molecule has 4 nitrogen and oxygen atoms in total. The fraction of sp³-hybridized carbons (Fsp3) is 0.500. The minimum atomic E-state index is -0.369. The summed E-state index contributed by atoms with van der Waals surface area (Å²) in [5, 5.41) is 2.94. The Morgan fingerprint density at radius 3 is 2.52 bits per heavy atom. The van der Waals surface area contributed by atoms with E-state index in [0.717, 1.165) is 27.3 Å². The van der Waals surface area contributed by atoms with E-state index in [1.807, 2.05) is 30.3 Å². The number of nitrogens with one attached hydrogen (secondary N) is 1. The van der Waals surface area contributed by atoms with Gasteiger partial charge in [0.05, 0.1) is 0 Å². The first-order chi connectivity index (χ1) is 10.2. The van der Waals surface area contributed by atoms with Crippen molar-refractivity contribution in [2.45, 2.75) is 25.5 Å². The first kappa shape index (κ1) is 14.8. The molecular weight excluding hydrogens is 381 g/mol. The molecule has 2 aliphatic rings. The number of benzene rings is 1. The number of ether oxygens (including phenoxy) is 1. The third kappa shape index (κ3) is 3.75. The summed E-state index contributed by atoms with van der Waals surface area (Å²) >= 11 is 0.209. The van der Waals surface area contributed by atoms with Crippen molar-refractivity contribution in [2.24, 2.45) is 11.8 Å². The molecule has 5 heteroatoms. The number of halogens is 1. The monoisotopic (exact) mass is 400 g/mol. The van der Waals surface area contributed by atoms with E-state index in [0.29, 0.717) is 5.78 Å². The van der Waals surface area contributed by atoms with Crippen LogP contribution in [-0.4, -0.2) is 26.8 Å². The molecule has 1 aromatic carbocycles. The van der Waals surface area contributed by atoms with Crippen molar-refractivity contribution in [3.63, 3.8) is 0 Å². The summed E-state index contributed by atoms with van der Waals surface area (Å²) < 4.78 is 7.43. The number of alkyl halides is 2. The second-order valence-corrected chi connectivity index (χ2v) is 8.51. The van der Waals surface area contributed by atoms with E-state index < -0.39 is 0 Å². The number of carbonyl (C=O) groups is 2. The van der Waals surface area contributed by atoms with Crippen LogP contribution in [0.5, 0.6) is 0 Å². The number of Topliss-reactive ketones (excluding diaryl/α,β-unsaturated/α-hetero) is 1. The van der Waals surface area contributed by atoms with E-state index in [9.17, 15) is 9.59 Å². The zero-order valence-corrected chi connectivity index (χ0v) is 13.9. The van der Waals surface area contributed by atoms with Crippen LogP contribution in [0.2, 0.25) is 0 Å². The fourth-order valence-corrected chi connectivity index (χ4v) is 6.45. The molecule has 1 heterocycles. The van der Waals surface area contributed by atoms with E-state index in [4.69, 9.17) is 4.74 Å². The van der Waals surface area contributed by atoms with Gasteiger partial charge < -0.3 is 0 Å². The van der Waals surface area contributed by atoms with E-state index in [2.05, 4.69) is 5.32 Å². The van der Waals surface area contributed by atoms with Crippen LogP contribution in [0.15, 0.2) is 30.3 Å². The molecule has 1 N–H and O–H groups in total. The molecule has 1 saturated heterocycles. The summed E-state index contributed by atoms with van der Waals surface area (Å²) in [5.41, 5.74) is 0.980. The average Bonchev–Trinajstić information content (AvgIpc) is 2.47. The predicted octanol–water partition coefficient (Wildman–Crippen LogP) is -1.02. The Kier molecular flexibility index (Phi) is 4.77. The van der Waals surface area contributed by atoms with Gasteiger partial charge in [-0.15, -0.1) is 0 Å². The van der Waals surface area contributed by atoms with Gasteiger partial charge in [-0.25, -0.2) is 0 Å². The number of fused-ring (bicyclic) bond motifs is 2. The Hall–Kier alpha value is -1.11. The van der Waals surface area contributed by atoms with Gasteiger partial charge in [0.1, 0.15) is 0 Å². The van der Waals surface area contributed by atoms with E-state index in [1.54, 1.807) is 0 Å². The molecule has 1 saturated carbocycles. The Bertz CT molecular complexity index is 504. The average molecular weight is 400 g/mol. The summed E-state index contributed by atoms with van der Waals surface area (Å²) in [6.45, 7) is 0.288. The third-order valence-corrected chi connectivity index (χ3v) is 7.44. The van der Waals surface area contributed by atoms with Crippen LogP contribution in [0.25, 0.3) is 0 Å². The van der Waals surface area contributed by atoms with Gasteiger partial charge in [0.25, 0.3) is 0 Å². The van der Waals surface area contributed by atoms with Crippen molar-refractivity contribution in [2.75, 3.05) is 8.86 Å². The van der Waals surface area contributed by atoms with Gasteiger partial charge in [0, 0.05) is 0 Å². The number of alkyl carbamates (subject to hydrolysis) is 1. The molecule has 2 fully saturated rings. The number of carbonyl (C=O) groups excluding carboxylic acids is 2. The first-order valence-electron chi connectivity index (χ1n) is 7.27. The maximum absolute atomic E-state index is 12.0. The Morgan fingerprint density at radius 2 is 1.86 bits per heavy atom. The number of hydrogen-bond acceptors (Lipinski definition) is 3. The van der Waals surface area contributed by atoms with E-state index in [1.165, 1.54) is 0 Å². The van der Waals surface area contributed by atoms with Crippen molar-refractivity contribution in [3.05, 3.63) is 35.9 Å². The normalized spacial score (nSPS) is 28.4. The number of ketones is 1. The van der Waals surface area contributed by atoms with Crippen LogP contribution in [-0.2, 0) is 16.1 Å². The van der Waals surface area contributed by atoms with Gasteiger partial charge in [-0.3, -0.25) is 0 Å². The van der Waals surface area contributed by atoms with Crippen LogP contribution < -0.4 is 26.5 Å². The molecule has 21 heavy (non-hydrogen) atoms. The SMILES string of the molecule is O=C(NC1C[C@H]2C[I-]C[C@@H](C1)C2=O)OCc1ccccc1. The fourth-order valence-electron chi connectivity index (χ4n) is 3.00. The van der Waals surface area contributed by atoms with Gasteiger partial charge in [-0.2, -0.15) is 0 Å². The van der Waals surface area contributed by atoms with Crippen LogP contribution in [0.4, 0.5) is 4.79 Å². The molecule has 0 spiro atoms. The van der Waals surface area contributed by atoms with Crippen molar-refractivity contribution >= 4 is 11.9 Å². The molecule has 1 amide bonds. The van der Waals surface area contributed by atoms with E-state index >= 15 is 0 Å². The minimum absolute atomic E-state index is 0.102. The van der Waals surface area contributed by atoms with Crippen molar-refractivity contribution in [1.82, 2.24) is 5.32 Å². The summed E-state index contributed by atoms with van der Waals surface area (Å²) in [4.78, 5) is 23.9. The third-order valence-electron chi connectivity index (χ3n) is 4.07. The Labute approximate surface area is 134 Å². The molecular formula is C16H19INO3-. The molecule has 1 aliphatic carbocycles.